The van der Waals surface area contributed by atoms with Crippen molar-refractivity contribution in [1.82, 2.24) is 4.57 Å². The van der Waals surface area contributed by atoms with Gasteiger partial charge in [-0.05, 0) is 86.6 Å². The van der Waals surface area contributed by atoms with Crippen LogP contribution in [0.4, 0.5) is 17.1 Å². The first-order chi connectivity index (χ1) is 24.8. The lowest BCUT2D eigenvalue weighted by atomic mass is 9.94. The van der Waals surface area contributed by atoms with Crippen LogP contribution in [0.1, 0.15) is 0 Å². The van der Waals surface area contributed by atoms with Gasteiger partial charge in [-0.3, -0.25) is 0 Å². The van der Waals surface area contributed by atoms with E-state index in [1.165, 1.54) is 59.7 Å². The maximum atomic E-state index is 2.45. The predicted octanol–water partition coefficient (Wildman–Crippen LogP) is 13.4. The zero-order chi connectivity index (χ0) is 33.0. The SMILES string of the molecule is c1ccc(-c2cc(N(c3ccccc3)c3cc4ccc5ccccc5c4c4ccccc34)cc(-n3c4ccccc4c4ccccc43)c2)cc1. The molecule has 0 N–H and O–H groups in total. The van der Waals surface area contributed by atoms with Crippen molar-refractivity contribution in [2.45, 2.75) is 0 Å². The first-order valence-corrected chi connectivity index (χ1v) is 17.2. The standard InChI is InChI=1S/C48H32N2/c1-3-15-33(16-4-1)36-29-38(32-39(30-36)50-45-25-13-11-21-41(45)42-22-12-14-26-46(42)50)49(37-18-5-2-6-19-37)47-31-35-28-27-34-17-7-8-20-40(34)48(35)44-24-10-9-23-43(44)47/h1-32H. The molecule has 0 aliphatic heterocycles. The van der Waals surface area contributed by atoms with Crippen LogP contribution in [0, 0.1) is 0 Å². The summed E-state index contributed by atoms with van der Waals surface area (Å²) in [7, 11) is 0. The second kappa shape index (κ2) is 11.5. The van der Waals surface area contributed by atoms with Crippen LogP contribution in [0.25, 0.3) is 70.9 Å². The number of benzene rings is 9. The van der Waals surface area contributed by atoms with Crippen molar-refractivity contribution in [2.75, 3.05) is 4.90 Å². The minimum Gasteiger partial charge on any atom is -0.310 e. The van der Waals surface area contributed by atoms with Crippen molar-refractivity contribution in [1.29, 1.82) is 0 Å². The van der Waals surface area contributed by atoms with E-state index < -0.39 is 0 Å². The molecule has 0 unspecified atom stereocenters. The van der Waals surface area contributed by atoms with Crippen LogP contribution in [0.2, 0.25) is 0 Å². The molecule has 10 rings (SSSR count). The summed E-state index contributed by atoms with van der Waals surface area (Å²) in [4.78, 5) is 2.45. The number of fused-ring (bicyclic) bond motifs is 8. The fourth-order valence-electron chi connectivity index (χ4n) is 7.90. The van der Waals surface area contributed by atoms with Crippen molar-refractivity contribution >= 4 is 71.2 Å². The number of nitrogens with zero attached hydrogens (tertiary/aromatic N) is 2. The number of hydrogen-bond donors (Lipinski definition) is 0. The smallest absolute Gasteiger partial charge is 0.0546 e. The lowest BCUT2D eigenvalue weighted by Gasteiger charge is -2.29. The molecule has 0 aliphatic carbocycles. The monoisotopic (exact) mass is 636 g/mol. The molecule has 0 spiro atoms. The van der Waals surface area contributed by atoms with Crippen LogP contribution in [-0.4, -0.2) is 4.57 Å². The Kier molecular flexibility index (Phi) is 6.53. The molecule has 0 saturated carbocycles. The van der Waals surface area contributed by atoms with E-state index >= 15 is 0 Å². The largest absolute Gasteiger partial charge is 0.310 e. The molecule has 2 nitrogen and oxygen atoms in total. The highest BCUT2D eigenvalue weighted by molar-refractivity contribution is 6.23. The summed E-state index contributed by atoms with van der Waals surface area (Å²) in [6.45, 7) is 0. The Labute approximate surface area is 290 Å². The first kappa shape index (κ1) is 28.4. The van der Waals surface area contributed by atoms with Crippen LogP contribution in [0.5, 0.6) is 0 Å². The average molecular weight is 637 g/mol. The average Bonchev–Trinajstić information content (AvgIpc) is 3.53. The Morgan fingerprint density at radius 2 is 0.900 bits per heavy atom. The summed E-state index contributed by atoms with van der Waals surface area (Å²) >= 11 is 0. The Balaban J connectivity index is 1.31. The molecule has 0 atom stereocenters. The van der Waals surface area contributed by atoms with Gasteiger partial charge in [0.1, 0.15) is 0 Å². The summed E-state index contributed by atoms with van der Waals surface area (Å²) in [5.41, 5.74) is 9.20. The third-order valence-electron chi connectivity index (χ3n) is 10.1. The number of aromatic nitrogens is 1. The van der Waals surface area contributed by atoms with Crippen molar-refractivity contribution in [3.05, 3.63) is 194 Å². The molecule has 234 valence electrons. The fraction of sp³-hybridized carbons (Fsp3) is 0. The third kappa shape index (κ3) is 4.50. The Bertz CT molecular complexity index is 2810. The molecule has 0 aliphatic rings. The topological polar surface area (TPSA) is 8.17 Å². The van der Waals surface area contributed by atoms with Crippen molar-refractivity contribution < 1.29 is 0 Å². The number of para-hydroxylation sites is 3. The zero-order valence-electron chi connectivity index (χ0n) is 27.4. The van der Waals surface area contributed by atoms with E-state index in [1.54, 1.807) is 0 Å². The van der Waals surface area contributed by atoms with E-state index in [9.17, 15) is 0 Å². The van der Waals surface area contributed by atoms with E-state index in [0.29, 0.717) is 0 Å². The molecule has 0 fully saturated rings. The molecular weight excluding hydrogens is 605 g/mol. The lowest BCUT2D eigenvalue weighted by Crippen LogP contribution is -2.11. The molecule has 0 radical (unpaired) electrons. The Morgan fingerprint density at radius 1 is 0.340 bits per heavy atom. The minimum atomic E-state index is 1.10. The van der Waals surface area contributed by atoms with Gasteiger partial charge in [0.15, 0.2) is 0 Å². The van der Waals surface area contributed by atoms with Gasteiger partial charge in [0.2, 0.25) is 0 Å². The van der Waals surface area contributed by atoms with Gasteiger partial charge < -0.3 is 9.47 Å². The van der Waals surface area contributed by atoms with Gasteiger partial charge in [-0.15, -0.1) is 0 Å². The highest BCUT2D eigenvalue weighted by Crippen LogP contribution is 2.45. The quantitative estimate of drug-likeness (QED) is 0.171. The molecule has 0 amide bonds. The number of hydrogen-bond acceptors (Lipinski definition) is 1. The highest BCUT2D eigenvalue weighted by Gasteiger charge is 2.21. The molecule has 1 heterocycles. The van der Waals surface area contributed by atoms with Crippen LogP contribution in [0.3, 0.4) is 0 Å². The molecular formula is C48H32N2. The second-order valence-electron chi connectivity index (χ2n) is 13.0. The molecule has 0 saturated heterocycles. The normalized spacial score (nSPS) is 11.6. The number of anilines is 3. The summed E-state index contributed by atoms with van der Waals surface area (Å²) in [5, 5.41) is 10.0. The maximum absolute atomic E-state index is 2.45. The predicted molar refractivity (Wildman–Crippen MR) is 213 cm³/mol. The van der Waals surface area contributed by atoms with Gasteiger partial charge in [0, 0.05) is 33.2 Å². The van der Waals surface area contributed by atoms with E-state index in [4.69, 9.17) is 0 Å². The summed E-state index contributed by atoms with van der Waals surface area (Å²) < 4.78 is 2.43. The Hall–Kier alpha value is -6.64. The van der Waals surface area contributed by atoms with Crippen LogP contribution >= 0.6 is 0 Å². The lowest BCUT2D eigenvalue weighted by molar-refractivity contribution is 1.17. The van der Waals surface area contributed by atoms with E-state index in [2.05, 4.69) is 204 Å². The van der Waals surface area contributed by atoms with Crippen molar-refractivity contribution in [3.8, 4) is 16.8 Å². The number of rotatable bonds is 5. The fourth-order valence-corrected chi connectivity index (χ4v) is 7.90. The van der Waals surface area contributed by atoms with Crippen molar-refractivity contribution in [2.24, 2.45) is 0 Å². The highest BCUT2D eigenvalue weighted by atomic mass is 15.1. The zero-order valence-corrected chi connectivity index (χ0v) is 27.4. The summed E-state index contributed by atoms with van der Waals surface area (Å²) in [6, 6.07) is 70.6. The molecule has 50 heavy (non-hydrogen) atoms. The summed E-state index contributed by atoms with van der Waals surface area (Å²) in [5.74, 6) is 0. The van der Waals surface area contributed by atoms with Gasteiger partial charge in [-0.1, -0.05) is 146 Å². The molecule has 2 heteroatoms. The van der Waals surface area contributed by atoms with Gasteiger partial charge in [-0.25, -0.2) is 0 Å². The van der Waals surface area contributed by atoms with E-state index in [1.807, 2.05) is 0 Å². The molecule has 10 aromatic rings. The van der Waals surface area contributed by atoms with Crippen molar-refractivity contribution in [3.63, 3.8) is 0 Å². The third-order valence-corrected chi connectivity index (χ3v) is 10.1. The molecule has 0 bridgehead atoms. The van der Waals surface area contributed by atoms with Gasteiger partial charge in [0.25, 0.3) is 0 Å². The molecule has 9 aromatic carbocycles. The summed E-state index contributed by atoms with van der Waals surface area (Å²) in [6.07, 6.45) is 0. The van der Waals surface area contributed by atoms with Gasteiger partial charge in [-0.2, -0.15) is 0 Å². The van der Waals surface area contributed by atoms with E-state index in [0.717, 1.165) is 28.3 Å². The Morgan fingerprint density at radius 3 is 1.62 bits per heavy atom. The second-order valence-corrected chi connectivity index (χ2v) is 13.0. The maximum Gasteiger partial charge on any atom is 0.0546 e. The van der Waals surface area contributed by atoms with E-state index in [-0.39, 0.29) is 0 Å². The van der Waals surface area contributed by atoms with Crippen LogP contribution < -0.4 is 4.90 Å². The first-order valence-electron chi connectivity index (χ1n) is 17.2. The van der Waals surface area contributed by atoms with Gasteiger partial charge in [0.05, 0.1) is 16.7 Å². The van der Waals surface area contributed by atoms with Gasteiger partial charge >= 0.3 is 0 Å². The van der Waals surface area contributed by atoms with Crippen LogP contribution in [-0.2, 0) is 0 Å². The molecule has 1 aromatic heterocycles. The minimum absolute atomic E-state index is 1.10. The van der Waals surface area contributed by atoms with Crippen LogP contribution in [0.15, 0.2) is 194 Å².